The van der Waals surface area contributed by atoms with Gasteiger partial charge in [-0.3, -0.25) is 4.68 Å². The van der Waals surface area contributed by atoms with Crippen molar-refractivity contribution in [2.75, 3.05) is 6.54 Å². The second-order valence-corrected chi connectivity index (χ2v) is 5.24. The van der Waals surface area contributed by atoms with Crippen LogP contribution in [0.2, 0.25) is 0 Å². The van der Waals surface area contributed by atoms with Crippen molar-refractivity contribution in [3.8, 4) is 0 Å². The van der Waals surface area contributed by atoms with Gasteiger partial charge in [-0.05, 0) is 25.8 Å². The van der Waals surface area contributed by atoms with Gasteiger partial charge in [0.1, 0.15) is 0 Å². The monoisotopic (exact) mass is 221 g/mol. The van der Waals surface area contributed by atoms with Crippen LogP contribution in [0.1, 0.15) is 44.7 Å². The van der Waals surface area contributed by atoms with E-state index < -0.39 is 0 Å². The maximum absolute atomic E-state index is 4.19. The molecule has 1 aliphatic carbocycles. The van der Waals surface area contributed by atoms with Gasteiger partial charge in [0.2, 0.25) is 0 Å². The molecular weight excluding hydrogens is 198 g/mol. The second kappa shape index (κ2) is 5.00. The average Bonchev–Trinajstić information content (AvgIpc) is 2.65. The molecule has 0 bridgehead atoms. The Hall–Kier alpha value is -0.830. The molecule has 1 saturated carbocycles. The van der Waals surface area contributed by atoms with Crippen molar-refractivity contribution in [1.82, 2.24) is 15.1 Å². The first kappa shape index (κ1) is 11.6. The Morgan fingerprint density at radius 1 is 1.38 bits per heavy atom. The molecule has 0 spiro atoms. The highest BCUT2D eigenvalue weighted by Crippen LogP contribution is 2.27. The molecule has 1 aromatic heterocycles. The zero-order valence-corrected chi connectivity index (χ0v) is 10.5. The summed E-state index contributed by atoms with van der Waals surface area (Å²) in [5.74, 6) is 0. The molecule has 0 saturated heterocycles. The Morgan fingerprint density at radius 2 is 2.12 bits per heavy atom. The molecule has 0 atom stereocenters. The van der Waals surface area contributed by atoms with Crippen molar-refractivity contribution in [3.05, 3.63) is 18.0 Å². The molecule has 1 aromatic rings. The van der Waals surface area contributed by atoms with E-state index in [4.69, 9.17) is 0 Å². The summed E-state index contributed by atoms with van der Waals surface area (Å²) in [6.07, 6.45) is 9.80. The highest BCUT2D eigenvalue weighted by molar-refractivity contribution is 5.00. The summed E-state index contributed by atoms with van der Waals surface area (Å²) < 4.78 is 1.96. The summed E-state index contributed by atoms with van der Waals surface area (Å²) in [7, 11) is 2.01. The maximum atomic E-state index is 4.19. The van der Waals surface area contributed by atoms with Gasteiger partial charge in [0, 0.05) is 37.4 Å². The molecule has 16 heavy (non-hydrogen) atoms. The minimum absolute atomic E-state index is 0.386. The lowest BCUT2D eigenvalue weighted by Crippen LogP contribution is -2.44. The molecule has 3 nitrogen and oxygen atoms in total. The molecule has 1 heterocycles. The van der Waals surface area contributed by atoms with Crippen LogP contribution in [-0.4, -0.2) is 21.9 Å². The van der Waals surface area contributed by atoms with E-state index in [0.717, 1.165) is 13.0 Å². The van der Waals surface area contributed by atoms with Crippen LogP contribution in [0.3, 0.4) is 0 Å². The lowest BCUT2D eigenvalue weighted by atomic mass is 9.83. The number of nitrogens with one attached hydrogen (secondary N) is 1. The number of rotatable bonds is 4. The molecule has 0 unspecified atom stereocenters. The predicted molar refractivity (Wildman–Crippen MR) is 66.4 cm³/mol. The Morgan fingerprint density at radius 3 is 2.75 bits per heavy atom. The third kappa shape index (κ3) is 2.85. The smallest absolute Gasteiger partial charge is 0.0492 e. The minimum atomic E-state index is 0.386. The Kier molecular flexibility index (Phi) is 3.64. The lowest BCUT2D eigenvalue weighted by Gasteiger charge is -2.34. The van der Waals surface area contributed by atoms with E-state index >= 15 is 0 Å². The Balaban J connectivity index is 1.77. The SMILES string of the molecule is Cn1nccc1CCNC1(C)CCCCC1. The molecule has 3 heteroatoms. The standard InChI is InChI=1S/C13H23N3/c1-13(8-4-3-5-9-13)14-10-6-12-7-11-15-16(12)2/h7,11,14H,3-6,8-10H2,1-2H3. The van der Waals surface area contributed by atoms with Gasteiger partial charge in [-0.2, -0.15) is 5.10 Å². The normalized spacial score (nSPS) is 19.9. The first-order chi connectivity index (χ1) is 7.70. The molecule has 0 aromatic carbocycles. The van der Waals surface area contributed by atoms with E-state index in [0.29, 0.717) is 5.54 Å². The highest BCUT2D eigenvalue weighted by atomic mass is 15.3. The van der Waals surface area contributed by atoms with Crippen LogP contribution in [-0.2, 0) is 13.5 Å². The van der Waals surface area contributed by atoms with E-state index in [9.17, 15) is 0 Å². The summed E-state index contributed by atoms with van der Waals surface area (Å²) in [5, 5.41) is 7.91. The van der Waals surface area contributed by atoms with Gasteiger partial charge >= 0.3 is 0 Å². The summed E-state index contributed by atoms with van der Waals surface area (Å²) in [4.78, 5) is 0. The van der Waals surface area contributed by atoms with Crippen LogP contribution in [0.5, 0.6) is 0 Å². The van der Waals surface area contributed by atoms with Crippen LogP contribution in [0.25, 0.3) is 0 Å². The second-order valence-electron chi connectivity index (χ2n) is 5.24. The van der Waals surface area contributed by atoms with Crippen molar-refractivity contribution >= 4 is 0 Å². The number of aryl methyl sites for hydroxylation is 1. The van der Waals surface area contributed by atoms with Crippen LogP contribution in [0.15, 0.2) is 12.3 Å². The van der Waals surface area contributed by atoms with Crippen molar-refractivity contribution in [1.29, 1.82) is 0 Å². The van der Waals surface area contributed by atoms with Gasteiger partial charge in [0.05, 0.1) is 0 Å². The largest absolute Gasteiger partial charge is 0.311 e. The van der Waals surface area contributed by atoms with Crippen molar-refractivity contribution in [3.63, 3.8) is 0 Å². The maximum Gasteiger partial charge on any atom is 0.0492 e. The number of nitrogens with zero attached hydrogens (tertiary/aromatic N) is 2. The van der Waals surface area contributed by atoms with Gasteiger partial charge in [-0.25, -0.2) is 0 Å². The first-order valence-electron chi connectivity index (χ1n) is 6.42. The fourth-order valence-corrected chi connectivity index (χ4v) is 2.65. The van der Waals surface area contributed by atoms with E-state index in [-0.39, 0.29) is 0 Å². The third-order valence-electron chi connectivity index (χ3n) is 3.81. The zero-order chi connectivity index (χ0) is 11.4. The molecule has 90 valence electrons. The van der Waals surface area contributed by atoms with Crippen LogP contribution < -0.4 is 5.32 Å². The fourth-order valence-electron chi connectivity index (χ4n) is 2.65. The highest BCUT2D eigenvalue weighted by Gasteiger charge is 2.25. The molecule has 0 amide bonds. The quantitative estimate of drug-likeness (QED) is 0.845. The topological polar surface area (TPSA) is 29.9 Å². The Labute approximate surface area is 98.2 Å². The van der Waals surface area contributed by atoms with Crippen molar-refractivity contribution in [2.24, 2.45) is 7.05 Å². The Bertz CT molecular complexity index is 324. The summed E-state index contributed by atoms with van der Waals surface area (Å²) in [6.45, 7) is 3.44. The fraction of sp³-hybridized carbons (Fsp3) is 0.769. The number of hydrogen-bond acceptors (Lipinski definition) is 2. The molecule has 0 aliphatic heterocycles. The summed E-state index contributed by atoms with van der Waals surface area (Å²) in [5.41, 5.74) is 1.70. The van der Waals surface area contributed by atoms with E-state index in [1.807, 2.05) is 17.9 Å². The van der Waals surface area contributed by atoms with Gasteiger partial charge < -0.3 is 5.32 Å². The molecular formula is C13H23N3. The van der Waals surface area contributed by atoms with Crippen LogP contribution in [0, 0.1) is 0 Å². The van der Waals surface area contributed by atoms with Crippen molar-refractivity contribution in [2.45, 2.75) is 51.0 Å². The third-order valence-corrected chi connectivity index (χ3v) is 3.81. The molecule has 1 fully saturated rings. The summed E-state index contributed by atoms with van der Waals surface area (Å²) >= 11 is 0. The first-order valence-corrected chi connectivity index (χ1v) is 6.42. The van der Waals surface area contributed by atoms with E-state index in [1.165, 1.54) is 37.8 Å². The average molecular weight is 221 g/mol. The number of aromatic nitrogens is 2. The lowest BCUT2D eigenvalue weighted by molar-refractivity contribution is 0.255. The molecule has 0 radical (unpaired) electrons. The van der Waals surface area contributed by atoms with Crippen LogP contribution in [0.4, 0.5) is 0 Å². The van der Waals surface area contributed by atoms with Crippen LogP contribution >= 0.6 is 0 Å². The minimum Gasteiger partial charge on any atom is -0.311 e. The van der Waals surface area contributed by atoms with Gasteiger partial charge in [-0.15, -0.1) is 0 Å². The zero-order valence-electron chi connectivity index (χ0n) is 10.5. The molecule has 1 N–H and O–H groups in total. The predicted octanol–water partition coefficient (Wildman–Crippen LogP) is 2.28. The molecule has 1 aliphatic rings. The van der Waals surface area contributed by atoms with E-state index in [1.54, 1.807) is 0 Å². The molecule has 2 rings (SSSR count). The van der Waals surface area contributed by atoms with Gasteiger partial charge in [0.15, 0.2) is 0 Å². The van der Waals surface area contributed by atoms with Crippen molar-refractivity contribution < 1.29 is 0 Å². The van der Waals surface area contributed by atoms with E-state index in [2.05, 4.69) is 23.4 Å². The van der Waals surface area contributed by atoms with Gasteiger partial charge in [-0.1, -0.05) is 19.3 Å². The summed E-state index contributed by atoms with van der Waals surface area (Å²) in [6, 6.07) is 2.10. The van der Waals surface area contributed by atoms with Gasteiger partial charge in [0.25, 0.3) is 0 Å². The number of hydrogen-bond donors (Lipinski definition) is 1.